The maximum atomic E-state index is 12.6. The topological polar surface area (TPSA) is 67.3 Å². The van der Waals surface area contributed by atoms with Crippen LogP contribution in [0.3, 0.4) is 0 Å². The minimum Gasteiger partial charge on any atom is -0.490 e. The number of nitrogens with one attached hydrogen (secondary N) is 1. The molecule has 1 saturated heterocycles. The summed E-state index contributed by atoms with van der Waals surface area (Å²) in [6.45, 7) is 2.34. The maximum absolute atomic E-state index is 12.6. The van der Waals surface area contributed by atoms with E-state index in [1.165, 1.54) is 24.4 Å². The van der Waals surface area contributed by atoms with Gasteiger partial charge in [-0.05, 0) is 43.0 Å². The lowest BCUT2D eigenvalue weighted by molar-refractivity contribution is 0.0592. The summed E-state index contributed by atoms with van der Waals surface area (Å²) in [7, 11) is 0. The highest BCUT2D eigenvalue weighted by atomic mass is 16.5. The Hall–Kier alpha value is -3.02. The number of benzene rings is 1. The quantitative estimate of drug-likeness (QED) is 0.725. The molecule has 150 valence electrons. The van der Waals surface area contributed by atoms with Gasteiger partial charge in [-0.15, -0.1) is 0 Å². The van der Waals surface area contributed by atoms with Gasteiger partial charge >= 0.3 is 0 Å². The Balaban J connectivity index is 1.24. The van der Waals surface area contributed by atoms with Crippen LogP contribution in [-0.2, 0) is 6.54 Å². The third-order valence-electron chi connectivity index (χ3n) is 5.95. The van der Waals surface area contributed by atoms with Crippen LogP contribution in [0.25, 0.3) is 10.9 Å². The van der Waals surface area contributed by atoms with E-state index in [0.29, 0.717) is 18.8 Å². The molecule has 2 fully saturated rings. The van der Waals surface area contributed by atoms with Crippen molar-refractivity contribution in [3.05, 3.63) is 64.7 Å². The first kappa shape index (κ1) is 18.0. The normalized spacial score (nSPS) is 17.6. The van der Waals surface area contributed by atoms with Crippen LogP contribution in [0, 0.1) is 5.92 Å². The summed E-state index contributed by atoms with van der Waals surface area (Å²) in [5, 5.41) is 1.16. The fourth-order valence-electron chi connectivity index (χ4n) is 4.13. The molecule has 2 aliphatic rings. The summed E-state index contributed by atoms with van der Waals surface area (Å²) in [4.78, 5) is 28.5. The van der Waals surface area contributed by atoms with Crippen molar-refractivity contribution in [2.24, 2.45) is 5.92 Å². The average Bonchev–Trinajstić information content (AvgIpc) is 3.46. The minimum absolute atomic E-state index is 0.0891. The molecular formula is C23H25N3O3. The van der Waals surface area contributed by atoms with E-state index in [4.69, 9.17) is 4.74 Å². The number of hydrogen-bond acceptors (Lipinski definition) is 3. The molecule has 1 amide bonds. The van der Waals surface area contributed by atoms with E-state index >= 15 is 0 Å². The van der Waals surface area contributed by atoms with Crippen LogP contribution in [0.15, 0.2) is 53.5 Å². The fourth-order valence-corrected chi connectivity index (χ4v) is 4.13. The van der Waals surface area contributed by atoms with Crippen LogP contribution in [0.5, 0.6) is 5.75 Å². The van der Waals surface area contributed by atoms with Crippen LogP contribution in [0.4, 0.5) is 0 Å². The Morgan fingerprint density at radius 3 is 2.59 bits per heavy atom. The van der Waals surface area contributed by atoms with Gasteiger partial charge < -0.3 is 19.2 Å². The Labute approximate surface area is 169 Å². The third kappa shape index (κ3) is 3.79. The van der Waals surface area contributed by atoms with Crippen LogP contribution in [-0.4, -0.2) is 39.6 Å². The lowest BCUT2D eigenvalue weighted by Crippen LogP contribution is -2.42. The molecule has 1 saturated carbocycles. The van der Waals surface area contributed by atoms with Gasteiger partial charge in [0, 0.05) is 50.1 Å². The number of hydrogen-bond donors (Lipinski definition) is 1. The molecule has 1 aliphatic carbocycles. The molecule has 1 aliphatic heterocycles. The van der Waals surface area contributed by atoms with Gasteiger partial charge in [0.15, 0.2) is 0 Å². The van der Waals surface area contributed by atoms with E-state index in [9.17, 15) is 9.59 Å². The van der Waals surface area contributed by atoms with Crippen molar-refractivity contribution in [2.45, 2.75) is 38.3 Å². The molecule has 0 radical (unpaired) electrons. The molecule has 0 atom stereocenters. The number of carbonyl (C=O) groups excluding carboxylic acids is 1. The molecule has 1 N–H and O–H groups in total. The zero-order valence-corrected chi connectivity index (χ0v) is 16.3. The number of aromatic nitrogens is 2. The van der Waals surface area contributed by atoms with Crippen molar-refractivity contribution in [2.75, 3.05) is 13.1 Å². The van der Waals surface area contributed by atoms with Gasteiger partial charge in [0.1, 0.15) is 17.5 Å². The first-order valence-electron chi connectivity index (χ1n) is 10.4. The van der Waals surface area contributed by atoms with E-state index < -0.39 is 0 Å². The highest BCUT2D eigenvalue weighted by Gasteiger charge is 2.26. The number of carbonyl (C=O) groups is 1. The Morgan fingerprint density at radius 2 is 1.83 bits per heavy atom. The van der Waals surface area contributed by atoms with Gasteiger partial charge in [0.05, 0.1) is 5.52 Å². The smallest absolute Gasteiger partial charge is 0.270 e. The molecule has 5 rings (SSSR count). The highest BCUT2D eigenvalue weighted by Crippen LogP contribution is 2.34. The zero-order valence-electron chi connectivity index (χ0n) is 16.3. The monoisotopic (exact) mass is 391 g/mol. The fraction of sp³-hybridized carbons (Fsp3) is 0.391. The zero-order chi connectivity index (χ0) is 19.8. The molecule has 2 aromatic heterocycles. The Bertz CT molecular complexity index is 1090. The van der Waals surface area contributed by atoms with Crippen LogP contribution in [0.1, 0.15) is 36.2 Å². The Morgan fingerprint density at radius 1 is 1.03 bits per heavy atom. The summed E-state index contributed by atoms with van der Waals surface area (Å²) in [5.74, 6) is 1.63. The first-order valence-corrected chi connectivity index (χ1v) is 10.4. The number of aromatic amines is 1. The van der Waals surface area contributed by atoms with Crippen molar-refractivity contribution in [1.29, 1.82) is 0 Å². The standard InChI is InChI=1S/C23H25N3O3/c27-22-6-1-3-19(24-22)23(28)25-12-9-17(10-13-25)29-21-5-2-4-20-18(21)11-14-26(20)15-16-7-8-16/h1-6,11,14,16-17H,7-10,12-13,15H2,(H,24,27). The molecule has 0 unspecified atom stereocenters. The number of fused-ring (bicyclic) bond motifs is 1. The number of pyridine rings is 1. The number of amides is 1. The molecule has 3 heterocycles. The Kier molecular flexibility index (Phi) is 4.62. The van der Waals surface area contributed by atoms with E-state index in [1.807, 2.05) is 6.07 Å². The molecule has 6 nitrogen and oxygen atoms in total. The van der Waals surface area contributed by atoms with Crippen molar-refractivity contribution >= 4 is 16.8 Å². The first-order chi connectivity index (χ1) is 14.2. The molecule has 6 heteroatoms. The van der Waals surface area contributed by atoms with Gasteiger partial charge in [-0.3, -0.25) is 9.59 Å². The number of rotatable bonds is 5. The number of nitrogens with zero attached hydrogens (tertiary/aromatic N) is 2. The van der Waals surface area contributed by atoms with Gasteiger partial charge in [0.2, 0.25) is 5.56 Å². The van der Waals surface area contributed by atoms with E-state index in [2.05, 4.69) is 33.9 Å². The molecule has 3 aromatic rings. The van der Waals surface area contributed by atoms with E-state index in [0.717, 1.165) is 36.4 Å². The predicted molar refractivity (Wildman–Crippen MR) is 111 cm³/mol. The second kappa shape index (κ2) is 7.43. The summed E-state index contributed by atoms with van der Waals surface area (Å²) < 4.78 is 8.68. The molecule has 0 spiro atoms. The van der Waals surface area contributed by atoms with Crippen molar-refractivity contribution in [3.63, 3.8) is 0 Å². The number of piperidine rings is 1. The highest BCUT2D eigenvalue weighted by molar-refractivity contribution is 5.92. The average molecular weight is 391 g/mol. The maximum Gasteiger partial charge on any atom is 0.270 e. The van der Waals surface area contributed by atoms with E-state index in [1.54, 1.807) is 17.0 Å². The van der Waals surface area contributed by atoms with Gasteiger partial charge in [0.25, 0.3) is 5.91 Å². The molecule has 29 heavy (non-hydrogen) atoms. The van der Waals surface area contributed by atoms with Crippen molar-refractivity contribution < 1.29 is 9.53 Å². The van der Waals surface area contributed by atoms with Gasteiger partial charge in [-0.25, -0.2) is 0 Å². The number of H-pyrrole nitrogens is 1. The van der Waals surface area contributed by atoms with Crippen LogP contribution in [0.2, 0.25) is 0 Å². The number of ether oxygens (including phenoxy) is 1. The van der Waals surface area contributed by atoms with Gasteiger partial charge in [-0.1, -0.05) is 12.1 Å². The van der Waals surface area contributed by atoms with Crippen LogP contribution < -0.4 is 10.3 Å². The summed E-state index contributed by atoms with van der Waals surface area (Å²) in [5.41, 5.74) is 1.32. The molecule has 1 aromatic carbocycles. The second-order valence-electron chi connectivity index (χ2n) is 8.14. The summed E-state index contributed by atoms with van der Waals surface area (Å²) >= 11 is 0. The van der Waals surface area contributed by atoms with Crippen molar-refractivity contribution in [1.82, 2.24) is 14.5 Å². The third-order valence-corrected chi connectivity index (χ3v) is 5.95. The number of likely N-dealkylation sites (tertiary alicyclic amines) is 1. The summed E-state index contributed by atoms with van der Waals surface area (Å²) in [6, 6.07) is 13.1. The predicted octanol–water partition coefficient (Wildman–Crippen LogP) is 3.42. The minimum atomic E-state index is -0.254. The largest absolute Gasteiger partial charge is 0.490 e. The SMILES string of the molecule is O=C(c1cccc(=O)[nH]1)N1CCC(Oc2cccc3c2ccn3CC2CC2)CC1. The van der Waals surface area contributed by atoms with Crippen molar-refractivity contribution in [3.8, 4) is 5.75 Å². The lowest BCUT2D eigenvalue weighted by atomic mass is 10.1. The van der Waals surface area contributed by atoms with Gasteiger partial charge in [-0.2, -0.15) is 0 Å². The molecular weight excluding hydrogens is 366 g/mol. The van der Waals surface area contributed by atoms with Crippen LogP contribution >= 0.6 is 0 Å². The second-order valence-corrected chi connectivity index (χ2v) is 8.14. The molecule has 0 bridgehead atoms. The van der Waals surface area contributed by atoms with E-state index in [-0.39, 0.29) is 17.6 Å². The lowest BCUT2D eigenvalue weighted by Gasteiger charge is -2.32. The summed E-state index contributed by atoms with van der Waals surface area (Å²) in [6.07, 6.45) is 6.49.